The van der Waals surface area contributed by atoms with Gasteiger partial charge in [0.05, 0.1) is 5.02 Å². The first-order valence-corrected chi connectivity index (χ1v) is 10.8. The molecule has 4 aliphatic carbocycles. The zero-order chi connectivity index (χ0) is 18.5. The number of halogens is 1. The molecule has 4 aliphatic rings. The molecular formula is C26H21ClO. The Morgan fingerprint density at radius 2 is 1.68 bits per heavy atom. The van der Waals surface area contributed by atoms with Gasteiger partial charge in [0.2, 0.25) is 0 Å². The Kier molecular flexibility index (Phi) is 2.91. The maximum atomic E-state index is 6.53. The van der Waals surface area contributed by atoms with Gasteiger partial charge in [-0.25, -0.2) is 0 Å². The van der Waals surface area contributed by atoms with Crippen molar-refractivity contribution in [2.24, 2.45) is 17.8 Å². The maximum absolute atomic E-state index is 6.53. The van der Waals surface area contributed by atoms with E-state index in [1.165, 1.54) is 36.8 Å². The predicted molar refractivity (Wildman–Crippen MR) is 115 cm³/mol. The molecule has 0 spiro atoms. The molecule has 8 rings (SSSR count). The van der Waals surface area contributed by atoms with Crippen molar-refractivity contribution in [3.8, 4) is 11.1 Å². The summed E-state index contributed by atoms with van der Waals surface area (Å²) in [5.74, 6) is 2.87. The molecule has 2 atom stereocenters. The normalized spacial score (nSPS) is 30.2. The van der Waals surface area contributed by atoms with Gasteiger partial charge in [-0.1, -0.05) is 48.0 Å². The highest BCUT2D eigenvalue weighted by molar-refractivity contribution is 6.37. The quantitative estimate of drug-likeness (QED) is 0.347. The van der Waals surface area contributed by atoms with Crippen LogP contribution in [0.4, 0.5) is 0 Å². The van der Waals surface area contributed by atoms with Gasteiger partial charge in [-0.15, -0.1) is 0 Å². The van der Waals surface area contributed by atoms with Crippen molar-refractivity contribution in [1.82, 2.24) is 0 Å². The predicted octanol–water partition coefficient (Wildman–Crippen LogP) is 7.59. The van der Waals surface area contributed by atoms with Crippen LogP contribution in [0.3, 0.4) is 0 Å². The summed E-state index contributed by atoms with van der Waals surface area (Å²) in [6.45, 7) is 0. The van der Waals surface area contributed by atoms with Gasteiger partial charge in [0.15, 0.2) is 0 Å². The summed E-state index contributed by atoms with van der Waals surface area (Å²) < 4.78 is 6.04. The molecule has 2 heteroatoms. The molecule has 28 heavy (non-hydrogen) atoms. The van der Waals surface area contributed by atoms with Crippen molar-refractivity contribution < 1.29 is 4.42 Å². The molecule has 4 saturated carbocycles. The molecular weight excluding hydrogens is 364 g/mol. The Bertz CT molecular complexity index is 1250. The van der Waals surface area contributed by atoms with Gasteiger partial charge in [-0.2, -0.15) is 0 Å². The molecule has 2 unspecified atom stereocenters. The third-order valence-corrected chi connectivity index (χ3v) is 8.41. The number of benzene rings is 3. The molecule has 1 nitrogen and oxygen atoms in total. The highest BCUT2D eigenvalue weighted by Crippen LogP contribution is 2.71. The summed E-state index contributed by atoms with van der Waals surface area (Å²) in [6.07, 6.45) is 5.73. The van der Waals surface area contributed by atoms with Crippen LogP contribution >= 0.6 is 11.6 Å². The zero-order valence-corrected chi connectivity index (χ0v) is 16.4. The van der Waals surface area contributed by atoms with E-state index in [0.717, 1.165) is 44.7 Å². The van der Waals surface area contributed by atoms with Crippen molar-refractivity contribution in [3.05, 3.63) is 71.2 Å². The summed E-state index contributed by atoms with van der Waals surface area (Å²) in [5.41, 5.74) is 6.47. The standard InChI is InChI=1S/C26H21ClO/c27-22-6-3-7-24-25(22)20-12-15(8-9-23(20)28-24)19-4-1-2-5-21(19)26-13-16-10-18(26)11-17(16)14-26/h1-9,12,16-18H,10-11,13-14H2. The summed E-state index contributed by atoms with van der Waals surface area (Å²) in [4.78, 5) is 0. The summed E-state index contributed by atoms with van der Waals surface area (Å²) in [5, 5.41) is 2.90. The smallest absolute Gasteiger partial charge is 0.136 e. The van der Waals surface area contributed by atoms with Crippen LogP contribution in [0.25, 0.3) is 33.1 Å². The van der Waals surface area contributed by atoms with Crippen LogP contribution in [-0.4, -0.2) is 0 Å². The van der Waals surface area contributed by atoms with Gasteiger partial charge in [-0.3, -0.25) is 0 Å². The summed E-state index contributed by atoms with van der Waals surface area (Å²) in [6, 6.07) is 21.7. The largest absolute Gasteiger partial charge is 0.456 e. The average molecular weight is 385 g/mol. The van der Waals surface area contributed by atoms with E-state index >= 15 is 0 Å². The topological polar surface area (TPSA) is 13.1 Å². The number of furan rings is 1. The molecule has 3 aromatic carbocycles. The fourth-order valence-corrected chi connectivity index (χ4v) is 7.34. The SMILES string of the molecule is Clc1cccc2oc3ccc(-c4ccccc4C45CC6CC4CC6C5)cc3c12. The average Bonchev–Trinajstić information content (AvgIpc) is 3.49. The van der Waals surface area contributed by atoms with Crippen molar-refractivity contribution in [3.63, 3.8) is 0 Å². The number of fused-ring (bicyclic) bond motifs is 3. The van der Waals surface area contributed by atoms with Crippen LogP contribution in [0, 0.1) is 17.8 Å². The maximum Gasteiger partial charge on any atom is 0.136 e. The molecule has 4 aromatic rings. The van der Waals surface area contributed by atoms with Gasteiger partial charge in [0.25, 0.3) is 0 Å². The Morgan fingerprint density at radius 1 is 0.857 bits per heavy atom. The lowest BCUT2D eigenvalue weighted by Crippen LogP contribution is -2.25. The molecule has 1 aromatic heterocycles. The van der Waals surface area contributed by atoms with Gasteiger partial charge < -0.3 is 4.42 Å². The van der Waals surface area contributed by atoms with Gasteiger partial charge in [0.1, 0.15) is 11.2 Å². The third kappa shape index (κ3) is 1.84. The molecule has 0 aliphatic heterocycles. The molecule has 0 radical (unpaired) electrons. The van der Waals surface area contributed by atoms with Crippen LogP contribution in [0.15, 0.2) is 65.1 Å². The number of hydrogen-bond acceptors (Lipinski definition) is 1. The van der Waals surface area contributed by atoms with E-state index in [2.05, 4.69) is 42.5 Å². The minimum absolute atomic E-state index is 0.428. The summed E-state index contributed by atoms with van der Waals surface area (Å²) >= 11 is 6.53. The second-order valence-corrected chi connectivity index (χ2v) is 9.63. The summed E-state index contributed by atoms with van der Waals surface area (Å²) in [7, 11) is 0. The Balaban J connectivity index is 1.46. The van der Waals surface area contributed by atoms with E-state index in [4.69, 9.17) is 16.0 Å². The van der Waals surface area contributed by atoms with Crippen molar-refractivity contribution in [1.29, 1.82) is 0 Å². The van der Waals surface area contributed by atoms with Crippen molar-refractivity contribution in [2.75, 3.05) is 0 Å². The highest BCUT2D eigenvalue weighted by atomic mass is 35.5. The van der Waals surface area contributed by atoms with E-state index in [9.17, 15) is 0 Å². The van der Waals surface area contributed by atoms with E-state index in [-0.39, 0.29) is 0 Å². The molecule has 0 amide bonds. The Morgan fingerprint density at radius 3 is 2.46 bits per heavy atom. The van der Waals surface area contributed by atoms with Crippen LogP contribution in [-0.2, 0) is 5.41 Å². The fourth-order valence-electron chi connectivity index (χ4n) is 7.08. The number of rotatable bonds is 2. The van der Waals surface area contributed by atoms with E-state index in [1.807, 2.05) is 18.2 Å². The minimum Gasteiger partial charge on any atom is -0.456 e. The Labute approximate surface area is 169 Å². The van der Waals surface area contributed by atoms with Gasteiger partial charge in [0, 0.05) is 10.8 Å². The monoisotopic (exact) mass is 384 g/mol. The second kappa shape index (κ2) is 5.21. The van der Waals surface area contributed by atoms with Crippen molar-refractivity contribution in [2.45, 2.75) is 31.1 Å². The first kappa shape index (κ1) is 15.6. The van der Waals surface area contributed by atoms with Crippen molar-refractivity contribution >= 4 is 33.5 Å². The van der Waals surface area contributed by atoms with Crippen LogP contribution in [0.1, 0.15) is 31.2 Å². The lowest BCUT2D eigenvalue weighted by molar-refractivity contribution is 0.372. The molecule has 138 valence electrons. The lowest BCUT2D eigenvalue weighted by Gasteiger charge is -2.32. The molecule has 0 saturated heterocycles. The molecule has 4 bridgehead atoms. The fraction of sp³-hybridized carbons (Fsp3) is 0.308. The van der Waals surface area contributed by atoms with Gasteiger partial charge >= 0.3 is 0 Å². The molecule has 0 N–H and O–H groups in total. The van der Waals surface area contributed by atoms with E-state index in [0.29, 0.717) is 5.41 Å². The van der Waals surface area contributed by atoms with E-state index in [1.54, 1.807) is 5.56 Å². The molecule has 1 heterocycles. The van der Waals surface area contributed by atoms with E-state index < -0.39 is 0 Å². The Hall–Kier alpha value is -2.25. The van der Waals surface area contributed by atoms with Crippen LogP contribution in [0.2, 0.25) is 5.02 Å². The van der Waals surface area contributed by atoms with Gasteiger partial charge in [-0.05, 0) is 89.8 Å². The lowest BCUT2D eigenvalue weighted by atomic mass is 9.72. The first-order valence-electron chi connectivity index (χ1n) is 10.4. The first-order chi connectivity index (χ1) is 13.7. The molecule has 4 fully saturated rings. The van der Waals surface area contributed by atoms with Crippen LogP contribution in [0.5, 0.6) is 0 Å². The third-order valence-electron chi connectivity index (χ3n) is 8.09. The zero-order valence-electron chi connectivity index (χ0n) is 15.6. The minimum atomic E-state index is 0.428. The highest BCUT2D eigenvalue weighted by Gasteiger charge is 2.63. The number of hydrogen-bond donors (Lipinski definition) is 0. The van der Waals surface area contributed by atoms with Crippen LogP contribution < -0.4 is 0 Å². The second-order valence-electron chi connectivity index (χ2n) is 9.22.